The number of carbonyl (C=O) groups is 3. The van der Waals surface area contributed by atoms with Crippen molar-refractivity contribution in [1.29, 1.82) is 0 Å². The first-order valence-corrected chi connectivity index (χ1v) is 13.5. The molecule has 2 aliphatic carbocycles. The van der Waals surface area contributed by atoms with Crippen LogP contribution in [0.15, 0.2) is 35.0 Å². The van der Waals surface area contributed by atoms with E-state index in [0.29, 0.717) is 35.2 Å². The molecule has 36 heavy (non-hydrogen) atoms. The molecule has 2 aliphatic heterocycles. The van der Waals surface area contributed by atoms with Crippen molar-refractivity contribution in [2.45, 2.75) is 56.8 Å². The maximum Gasteiger partial charge on any atom is 0.319 e. The topological polar surface area (TPSA) is 113 Å². The Hall–Kier alpha value is -2.69. The van der Waals surface area contributed by atoms with Crippen LogP contribution in [0.1, 0.15) is 46.1 Å². The maximum absolute atomic E-state index is 13.1. The predicted molar refractivity (Wildman–Crippen MR) is 136 cm³/mol. The molecule has 0 saturated heterocycles. The number of fused-ring (bicyclic) bond motifs is 2. The zero-order chi connectivity index (χ0) is 25.2. The second-order valence-corrected chi connectivity index (χ2v) is 11.1. The van der Waals surface area contributed by atoms with E-state index in [2.05, 4.69) is 20.9 Å². The van der Waals surface area contributed by atoms with E-state index in [0.717, 1.165) is 36.3 Å². The molecule has 2 unspecified atom stereocenters. The molecule has 0 radical (unpaired) electrons. The average molecular weight is 532 g/mol. The number of hydrogen-bond donors (Lipinski definition) is 3. The molecule has 2 amide bonds. The third-order valence-electron chi connectivity index (χ3n) is 7.14. The Kier molecular flexibility index (Phi) is 7.45. The second kappa shape index (κ2) is 10.7. The number of nitrogens with zero attached hydrogens (tertiary/aromatic N) is 2. The molecule has 1 saturated carbocycles. The van der Waals surface area contributed by atoms with Gasteiger partial charge in [0, 0.05) is 47.4 Å². The third kappa shape index (κ3) is 5.50. The van der Waals surface area contributed by atoms with Crippen LogP contribution in [0.2, 0.25) is 0 Å². The summed E-state index contributed by atoms with van der Waals surface area (Å²) in [6, 6.07) is -0.277. The number of halogens is 1. The molecule has 5 rings (SSSR count). The Labute approximate surface area is 219 Å². The Balaban J connectivity index is 1.20. The van der Waals surface area contributed by atoms with E-state index >= 15 is 0 Å². The Bertz CT molecular complexity index is 1150. The van der Waals surface area contributed by atoms with Gasteiger partial charge < -0.3 is 20.7 Å². The minimum absolute atomic E-state index is 0.0367. The molecule has 3 heterocycles. The van der Waals surface area contributed by atoms with Crippen molar-refractivity contribution in [2.75, 3.05) is 20.2 Å². The fraction of sp³-hybridized carbons (Fsp3) is 0.520. The third-order valence-corrected chi connectivity index (χ3v) is 8.47. The standard InChI is InChI=1S/C25H30ClN5O4S/c1-35-22(32)13-31-9-8-19-21(12-31)36-25(30-19)24(34)29-18-5-3-2-4-17(18)28-23(33)20-11-14-10-15(26)6-7-16(14)27-20/h6-7,10-11,14,16-18,27H,2-5,8-9,12-13H2,1H3,(H,28,33)(H,29,34)/t14?,16?,17-,18+/m0/s1. The van der Waals surface area contributed by atoms with Crippen LogP contribution >= 0.6 is 22.9 Å². The molecule has 1 fully saturated rings. The van der Waals surface area contributed by atoms with E-state index in [1.54, 1.807) is 0 Å². The lowest BCUT2D eigenvalue weighted by Gasteiger charge is -2.32. The molecular formula is C25H30ClN5O4S. The van der Waals surface area contributed by atoms with Crippen LogP contribution in [-0.4, -0.2) is 66.0 Å². The van der Waals surface area contributed by atoms with Gasteiger partial charge in [-0.15, -0.1) is 11.3 Å². The minimum atomic E-state index is -0.273. The number of hydrogen-bond acceptors (Lipinski definition) is 8. The van der Waals surface area contributed by atoms with E-state index in [1.807, 2.05) is 29.2 Å². The number of methoxy groups -OCH3 is 1. The number of ether oxygens (including phenoxy) is 1. The van der Waals surface area contributed by atoms with Gasteiger partial charge in [0.2, 0.25) is 0 Å². The highest BCUT2D eigenvalue weighted by Gasteiger charge is 2.33. The fourth-order valence-corrected chi connectivity index (χ4v) is 6.48. The molecule has 11 heteroatoms. The smallest absolute Gasteiger partial charge is 0.319 e. The number of carbonyl (C=O) groups excluding carboxylic acids is 3. The van der Waals surface area contributed by atoms with Crippen LogP contribution in [0.3, 0.4) is 0 Å². The highest BCUT2D eigenvalue weighted by atomic mass is 35.5. The van der Waals surface area contributed by atoms with Gasteiger partial charge in [-0.25, -0.2) is 4.98 Å². The summed E-state index contributed by atoms with van der Waals surface area (Å²) in [7, 11) is 1.38. The Morgan fingerprint density at radius 3 is 2.69 bits per heavy atom. The van der Waals surface area contributed by atoms with Gasteiger partial charge in [-0.1, -0.05) is 36.6 Å². The van der Waals surface area contributed by atoms with Gasteiger partial charge in [0.15, 0.2) is 5.01 Å². The lowest BCUT2D eigenvalue weighted by atomic mass is 9.90. The quantitative estimate of drug-likeness (QED) is 0.481. The number of thiazole rings is 1. The van der Waals surface area contributed by atoms with Crippen molar-refractivity contribution in [2.24, 2.45) is 5.92 Å². The number of aromatic nitrogens is 1. The first-order chi connectivity index (χ1) is 17.4. The van der Waals surface area contributed by atoms with Crippen molar-refractivity contribution in [3.05, 3.63) is 50.6 Å². The molecule has 4 atom stereocenters. The molecule has 9 nitrogen and oxygen atoms in total. The van der Waals surface area contributed by atoms with Crippen LogP contribution in [0.5, 0.6) is 0 Å². The monoisotopic (exact) mass is 531 g/mol. The van der Waals surface area contributed by atoms with Gasteiger partial charge in [-0.3, -0.25) is 19.3 Å². The van der Waals surface area contributed by atoms with Crippen molar-refractivity contribution in [1.82, 2.24) is 25.8 Å². The minimum Gasteiger partial charge on any atom is -0.468 e. The summed E-state index contributed by atoms with van der Waals surface area (Å²) in [4.78, 5) is 45.3. The summed E-state index contributed by atoms with van der Waals surface area (Å²) in [5, 5.41) is 10.6. The first kappa shape index (κ1) is 25.0. The SMILES string of the molecule is COC(=O)CN1CCc2nc(C(=O)N[C@@H]3CCCC[C@@H]3NC(=O)C3=CC4C=C(Cl)C=CC4N3)sc2C1. The van der Waals surface area contributed by atoms with Crippen LogP contribution in [0.25, 0.3) is 0 Å². The molecule has 192 valence electrons. The van der Waals surface area contributed by atoms with E-state index in [4.69, 9.17) is 16.3 Å². The van der Waals surface area contributed by atoms with Gasteiger partial charge >= 0.3 is 5.97 Å². The first-order valence-electron chi connectivity index (χ1n) is 12.3. The molecule has 0 aromatic carbocycles. The van der Waals surface area contributed by atoms with Crippen LogP contribution in [0, 0.1) is 5.92 Å². The molecule has 3 N–H and O–H groups in total. The number of allylic oxidation sites excluding steroid dienone is 2. The Morgan fingerprint density at radius 2 is 1.94 bits per heavy atom. The summed E-state index contributed by atoms with van der Waals surface area (Å²) >= 11 is 7.47. The number of amides is 2. The van der Waals surface area contributed by atoms with E-state index < -0.39 is 0 Å². The van der Waals surface area contributed by atoms with Crippen LogP contribution < -0.4 is 16.0 Å². The van der Waals surface area contributed by atoms with E-state index in [-0.39, 0.29) is 48.4 Å². The summed E-state index contributed by atoms with van der Waals surface area (Å²) in [6.45, 7) is 1.51. The van der Waals surface area contributed by atoms with Crippen molar-refractivity contribution in [3.63, 3.8) is 0 Å². The molecule has 0 spiro atoms. The zero-order valence-electron chi connectivity index (χ0n) is 20.1. The predicted octanol–water partition coefficient (Wildman–Crippen LogP) is 2.00. The summed E-state index contributed by atoms with van der Waals surface area (Å²) in [5.41, 5.74) is 1.46. The van der Waals surface area contributed by atoms with Gasteiger partial charge in [-0.05, 0) is 25.0 Å². The lowest BCUT2D eigenvalue weighted by molar-refractivity contribution is -0.142. The lowest BCUT2D eigenvalue weighted by Crippen LogP contribution is -2.54. The zero-order valence-corrected chi connectivity index (χ0v) is 21.7. The summed E-state index contributed by atoms with van der Waals surface area (Å²) in [5.74, 6) is -0.590. The second-order valence-electron chi connectivity index (χ2n) is 9.61. The summed E-state index contributed by atoms with van der Waals surface area (Å²) in [6.07, 6.45) is 11.9. The molecule has 1 aromatic heterocycles. The molecular weight excluding hydrogens is 502 g/mol. The van der Waals surface area contributed by atoms with Crippen molar-refractivity contribution in [3.8, 4) is 0 Å². The molecule has 1 aromatic rings. The summed E-state index contributed by atoms with van der Waals surface area (Å²) < 4.78 is 4.76. The van der Waals surface area contributed by atoms with Gasteiger partial charge in [0.25, 0.3) is 11.8 Å². The normalized spacial score (nSPS) is 27.2. The number of nitrogens with one attached hydrogen (secondary N) is 3. The fourth-order valence-electron chi connectivity index (χ4n) is 5.20. The van der Waals surface area contributed by atoms with Gasteiger partial charge in [-0.2, -0.15) is 0 Å². The van der Waals surface area contributed by atoms with Gasteiger partial charge in [0.1, 0.15) is 0 Å². The number of esters is 1. The van der Waals surface area contributed by atoms with Crippen LogP contribution in [0.4, 0.5) is 0 Å². The van der Waals surface area contributed by atoms with Crippen molar-refractivity contribution < 1.29 is 19.1 Å². The maximum atomic E-state index is 13.1. The highest BCUT2D eigenvalue weighted by Crippen LogP contribution is 2.28. The molecule has 0 bridgehead atoms. The van der Waals surface area contributed by atoms with E-state index in [9.17, 15) is 14.4 Å². The largest absolute Gasteiger partial charge is 0.468 e. The van der Waals surface area contributed by atoms with Gasteiger partial charge in [0.05, 0.1) is 31.1 Å². The van der Waals surface area contributed by atoms with E-state index in [1.165, 1.54) is 18.4 Å². The average Bonchev–Trinajstić information content (AvgIpc) is 3.49. The molecule has 4 aliphatic rings. The highest BCUT2D eigenvalue weighted by molar-refractivity contribution is 7.13. The number of rotatable bonds is 6. The van der Waals surface area contributed by atoms with Crippen molar-refractivity contribution >= 4 is 40.7 Å². The van der Waals surface area contributed by atoms with Crippen LogP contribution in [-0.2, 0) is 27.3 Å². The Morgan fingerprint density at radius 1 is 1.19 bits per heavy atom.